The molecule has 82 valence electrons. The summed E-state index contributed by atoms with van der Waals surface area (Å²) < 4.78 is 36.4. The number of rotatable bonds is 3. The number of hydrogen-bond donors (Lipinski definition) is 2. The summed E-state index contributed by atoms with van der Waals surface area (Å²) in [6.45, 7) is -0.506. The summed E-state index contributed by atoms with van der Waals surface area (Å²) in [6, 6.07) is 0.642. The fourth-order valence-corrected chi connectivity index (χ4v) is 0.775. The van der Waals surface area contributed by atoms with Gasteiger partial charge in [-0.1, -0.05) is 0 Å². The van der Waals surface area contributed by atoms with Gasteiger partial charge in [-0.15, -0.1) is 0 Å². The van der Waals surface area contributed by atoms with Gasteiger partial charge in [-0.25, -0.2) is 9.97 Å². The highest BCUT2D eigenvalue weighted by molar-refractivity contribution is 5.72. The Bertz CT molecular complexity index is 367. The quantitative estimate of drug-likeness (QED) is 0.796. The van der Waals surface area contributed by atoms with Gasteiger partial charge in [-0.05, 0) is 0 Å². The first-order valence-electron chi connectivity index (χ1n) is 3.74. The van der Waals surface area contributed by atoms with E-state index >= 15 is 0 Å². The molecular formula is C7H6F3N3O2. The van der Waals surface area contributed by atoms with Crippen molar-refractivity contribution in [1.29, 1.82) is 0 Å². The van der Waals surface area contributed by atoms with Crippen molar-refractivity contribution in [2.45, 2.75) is 6.18 Å². The summed E-state index contributed by atoms with van der Waals surface area (Å²) in [5.74, 6) is -1.37. The van der Waals surface area contributed by atoms with Gasteiger partial charge >= 0.3 is 12.1 Å². The first-order chi connectivity index (χ1) is 6.89. The van der Waals surface area contributed by atoms with Crippen molar-refractivity contribution in [3.8, 4) is 0 Å². The molecule has 0 aromatic carbocycles. The molecule has 1 aromatic rings. The van der Waals surface area contributed by atoms with E-state index in [9.17, 15) is 18.0 Å². The highest BCUT2D eigenvalue weighted by Gasteiger charge is 2.32. The maximum atomic E-state index is 12.1. The van der Waals surface area contributed by atoms with Gasteiger partial charge in [0, 0.05) is 6.07 Å². The summed E-state index contributed by atoms with van der Waals surface area (Å²) in [7, 11) is 0. The molecular weight excluding hydrogens is 215 g/mol. The lowest BCUT2D eigenvalue weighted by molar-refractivity contribution is -0.141. The van der Waals surface area contributed by atoms with Crippen molar-refractivity contribution < 1.29 is 23.1 Å². The van der Waals surface area contributed by atoms with Gasteiger partial charge in [0.1, 0.15) is 24.4 Å². The van der Waals surface area contributed by atoms with Crippen molar-refractivity contribution in [1.82, 2.24) is 9.97 Å². The fourth-order valence-electron chi connectivity index (χ4n) is 0.775. The highest BCUT2D eigenvalue weighted by Crippen LogP contribution is 2.27. The average Bonchev–Trinajstić information content (AvgIpc) is 2.14. The third-order valence-corrected chi connectivity index (χ3v) is 1.38. The predicted octanol–water partition coefficient (Wildman–Crippen LogP) is 0.992. The smallest absolute Gasteiger partial charge is 0.433 e. The highest BCUT2D eigenvalue weighted by atomic mass is 19.4. The molecule has 0 saturated heterocycles. The van der Waals surface area contributed by atoms with E-state index in [1.165, 1.54) is 0 Å². The Hall–Kier alpha value is -1.86. The van der Waals surface area contributed by atoms with Crippen LogP contribution in [0.3, 0.4) is 0 Å². The van der Waals surface area contributed by atoms with Gasteiger partial charge in [-0.2, -0.15) is 13.2 Å². The molecule has 2 N–H and O–H groups in total. The minimum absolute atomic E-state index is 0.181. The molecule has 5 nitrogen and oxygen atoms in total. The van der Waals surface area contributed by atoms with Crippen LogP contribution in [0, 0.1) is 0 Å². The van der Waals surface area contributed by atoms with E-state index in [-0.39, 0.29) is 5.82 Å². The van der Waals surface area contributed by atoms with Crippen molar-refractivity contribution >= 4 is 11.8 Å². The summed E-state index contributed by atoms with van der Waals surface area (Å²) >= 11 is 0. The molecule has 0 fully saturated rings. The fraction of sp³-hybridized carbons (Fsp3) is 0.286. The van der Waals surface area contributed by atoms with Gasteiger partial charge in [-0.3, -0.25) is 4.79 Å². The Kier molecular flexibility index (Phi) is 3.08. The zero-order valence-electron chi connectivity index (χ0n) is 7.25. The largest absolute Gasteiger partial charge is 0.480 e. The molecule has 0 aliphatic carbocycles. The molecule has 0 saturated carbocycles. The van der Waals surface area contributed by atoms with Crippen LogP contribution < -0.4 is 5.32 Å². The van der Waals surface area contributed by atoms with Gasteiger partial charge in [0.2, 0.25) is 0 Å². The molecule has 0 bridgehead atoms. The second kappa shape index (κ2) is 4.11. The number of aliphatic carboxylic acids is 1. The maximum absolute atomic E-state index is 12.1. The number of nitrogens with zero attached hydrogens (tertiary/aromatic N) is 2. The molecule has 1 aromatic heterocycles. The van der Waals surface area contributed by atoms with E-state index in [0.717, 1.165) is 0 Å². The predicted molar refractivity (Wildman–Crippen MR) is 43.2 cm³/mol. The Labute approximate surface area is 82.0 Å². The Morgan fingerprint density at radius 2 is 2.13 bits per heavy atom. The molecule has 15 heavy (non-hydrogen) atoms. The molecule has 0 spiro atoms. The Morgan fingerprint density at radius 3 is 2.67 bits per heavy atom. The maximum Gasteiger partial charge on any atom is 0.433 e. The number of anilines is 1. The number of carbonyl (C=O) groups is 1. The molecule has 1 heterocycles. The summed E-state index contributed by atoms with van der Waals surface area (Å²) in [4.78, 5) is 16.6. The second-order valence-electron chi connectivity index (χ2n) is 2.53. The normalized spacial score (nSPS) is 11.1. The van der Waals surface area contributed by atoms with Crippen LogP contribution in [0.5, 0.6) is 0 Å². The lowest BCUT2D eigenvalue weighted by atomic mass is 10.4. The SMILES string of the molecule is O=C(O)CNc1cc(C(F)(F)F)ncn1. The minimum atomic E-state index is -4.57. The van der Waals surface area contributed by atoms with Gasteiger partial charge in [0.15, 0.2) is 0 Å². The van der Waals surface area contributed by atoms with Crippen LogP contribution in [0.1, 0.15) is 5.69 Å². The van der Waals surface area contributed by atoms with E-state index in [2.05, 4.69) is 15.3 Å². The van der Waals surface area contributed by atoms with Crippen molar-refractivity contribution in [2.24, 2.45) is 0 Å². The molecule has 0 aliphatic rings. The van der Waals surface area contributed by atoms with Crippen LogP contribution in [0.25, 0.3) is 0 Å². The van der Waals surface area contributed by atoms with Crippen molar-refractivity contribution in [3.05, 3.63) is 18.1 Å². The average molecular weight is 221 g/mol. The standard InChI is InChI=1S/C7H6F3N3O2/c8-7(9,10)4-1-5(13-3-12-4)11-2-6(14)15/h1,3H,2H2,(H,14,15)(H,11,12,13). The number of hydrogen-bond acceptors (Lipinski definition) is 4. The van der Waals surface area contributed by atoms with E-state index in [1.54, 1.807) is 0 Å². The lowest BCUT2D eigenvalue weighted by Gasteiger charge is -2.07. The van der Waals surface area contributed by atoms with Crippen LogP contribution in [0.4, 0.5) is 19.0 Å². The summed E-state index contributed by atoms with van der Waals surface area (Å²) in [5, 5.41) is 10.5. The van der Waals surface area contributed by atoms with Gasteiger partial charge in [0.05, 0.1) is 0 Å². The molecule has 1 rings (SSSR count). The van der Waals surface area contributed by atoms with Crippen LogP contribution in [-0.4, -0.2) is 27.6 Å². The molecule has 0 amide bonds. The molecule has 0 radical (unpaired) electrons. The zero-order valence-corrected chi connectivity index (χ0v) is 7.25. The number of carboxylic acids is 1. The first kappa shape index (κ1) is 11.2. The molecule has 8 heteroatoms. The number of halogens is 3. The zero-order chi connectivity index (χ0) is 11.5. The van der Waals surface area contributed by atoms with Crippen LogP contribution in [-0.2, 0) is 11.0 Å². The third kappa shape index (κ3) is 3.41. The molecule has 0 unspecified atom stereocenters. The van der Waals surface area contributed by atoms with Gasteiger partial charge < -0.3 is 10.4 Å². The van der Waals surface area contributed by atoms with Gasteiger partial charge in [0.25, 0.3) is 0 Å². The van der Waals surface area contributed by atoms with Crippen molar-refractivity contribution in [2.75, 3.05) is 11.9 Å². The number of alkyl halides is 3. The second-order valence-corrected chi connectivity index (χ2v) is 2.53. The summed E-state index contributed by atoms with van der Waals surface area (Å²) in [6.07, 6.45) is -3.85. The van der Waals surface area contributed by atoms with E-state index < -0.39 is 24.4 Å². The Morgan fingerprint density at radius 1 is 1.47 bits per heavy atom. The molecule has 0 atom stereocenters. The monoisotopic (exact) mass is 221 g/mol. The molecule has 0 aliphatic heterocycles. The first-order valence-corrected chi connectivity index (χ1v) is 3.74. The third-order valence-electron chi connectivity index (χ3n) is 1.38. The van der Waals surface area contributed by atoms with Crippen molar-refractivity contribution in [3.63, 3.8) is 0 Å². The van der Waals surface area contributed by atoms with Crippen LogP contribution >= 0.6 is 0 Å². The number of carboxylic acid groups (broad SMARTS) is 1. The Balaban J connectivity index is 2.79. The number of aromatic nitrogens is 2. The lowest BCUT2D eigenvalue weighted by Crippen LogP contribution is -2.15. The minimum Gasteiger partial charge on any atom is -0.480 e. The van der Waals surface area contributed by atoms with Crippen LogP contribution in [0.15, 0.2) is 12.4 Å². The number of nitrogens with one attached hydrogen (secondary N) is 1. The van der Waals surface area contributed by atoms with E-state index in [0.29, 0.717) is 12.4 Å². The van der Waals surface area contributed by atoms with E-state index in [1.807, 2.05) is 0 Å². The van der Waals surface area contributed by atoms with Crippen LogP contribution in [0.2, 0.25) is 0 Å². The summed E-state index contributed by atoms with van der Waals surface area (Å²) in [5.41, 5.74) is -1.12. The topological polar surface area (TPSA) is 75.1 Å². The van der Waals surface area contributed by atoms with E-state index in [4.69, 9.17) is 5.11 Å².